The van der Waals surface area contributed by atoms with Crippen molar-refractivity contribution in [1.29, 1.82) is 0 Å². The zero-order chi connectivity index (χ0) is 25.6. The van der Waals surface area contributed by atoms with E-state index >= 15 is 0 Å². The maximum Gasteiger partial charge on any atom is 0.156 e. The maximum atomic E-state index is 13.3. The first-order valence-electron chi connectivity index (χ1n) is 12.0. The number of halogens is 1. The Morgan fingerprint density at radius 2 is 1.73 bits per heavy atom. The number of anilines is 1. The number of rotatable bonds is 5. The second kappa shape index (κ2) is 8.90. The molecule has 6 rings (SSSR count). The average Bonchev–Trinajstić information content (AvgIpc) is 3.55. The summed E-state index contributed by atoms with van der Waals surface area (Å²) in [7, 11) is 1.90. The van der Waals surface area contributed by atoms with Gasteiger partial charge in [-0.15, -0.1) is 0 Å². The molecule has 0 bridgehead atoms. The lowest BCUT2D eigenvalue weighted by Crippen LogP contribution is -2.30. The second-order valence-corrected chi connectivity index (χ2v) is 9.34. The highest BCUT2D eigenvalue weighted by Gasteiger charge is 2.27. The summed E-state index contributed by atoms with van der Waals surface area (Å²) in [5.41, 5.74) is 3.83. The molecule has 1 aromatic carbocycles. The standard InChI is InChI=1S/C27H25FN8O/c1-27(37,21-3-5-23(28)6-4-21)22-13-29-25(30-14-22)18-7-9-35(10-8-18)26-24-11-19(16-36(24)33-17-31-26)20-12-32-34(2)15-20/h3-7,11-17,37H,8-10H2,1-2H3. The lowest BCUT2D eigenvalue weighted by Gasteiger charge is -2.27. The van der Waals surface area contributed by atoms with Crippen molar-refractivity contribution in [3.05, 3.63) is 96.5 Å². The van der Waals surface area contributed by atoms with E-state index in [1.807, 2.05) is 30.2 Å². The maximum absolute atomic E-state index is 13.3. The predicted molar refractivity (Wildman–Crippen MR) is 137 cm³/mol. The van der Waals surface area contributed by atoms with Crippen molar-refractivity contribution < 1.29 is 9.50 Å². The summed E-state index contributed by atoms with van der Waals surface area (Å²) in [5.74, 6) is 1.15. The molecule has 1 N–H and O–H groups in total. The van der Waals surface area contributed by atoms with Crippen molar-refractivity contribution >= 4 is 16.9 Å². The molecule has 0 fully saturated rings. The van der Waals surface area contributed by atoms with E-state index in [1.54, 1.807) is 42.5 Å². The Morgan fingerprint density at radius 1 is 0.946 bits per heavy atom. The Morgan fingerprint density at radius 3 is 2.41 bits per heavy atom. The molecule has 0 amide bonds. The quantitative estimate of drug-likeness (QED) is 0.397. The van der Waals surface area contributed by atoms with Crippen molar-refractivity contribution in [2.45, 2.75) is 18.9 Å². The van der Waals surface area contributed by atoms with Gasteiger partial charge in [-0.1, -0.05) is 18.2 Å². The third-order valence-electron chi connectivity index (χ3n) is 6.84. The molecule has 1 atom stereocenters. The third-order valence-corrected chi connectivity index (χ3v) is 6.84. The fourth-order valence-electron chi connectivity index (χ4n) is 4.64. The summed E-state index contributed by atoms with van der Waals surface area (Å²) in [6.07, 6.45) is 13.5. The molecule has 5 aromatic rings. The number of fused-ring (bicyclic) bond motifs is 1. The normalized spacial score (nSPS) is 15.6. The van der Waals surface area contributed by atoms with E-state index in [1.165, 1.54) is 12.1 Å². The van der Waals surface area contributed by atoms with Crippen molar-refractivity contribution in [2.24, 2.45) is 7.05 Å². The smallest absolute Gasteiger partial charge is 0.156 e. The molecule has 1 aliphatic heterocycles. The van der Waals surface area contributed by atoms with E-state index in [0.29, 0.717) is 23.5 Å². The van der Waals surface area contributed by atoms with Crippen LogP contribution < -0.4 is 4.90 Å². The van der Waals surface area contributed by atoms with Crippen LogP contribution in [0.4, 0.5) is 10.2 Å². The van der Waals surface area contributed by atoms with Gasteiger partial charge in [0.25, 0.3) is 0 Å². The van der Waals surface area contributed by atoms with E-state index in [2.05, 4.69) is 42.2 Å². The van der Waals surface area contributed by atoms with Crippen LogP contribution in [0.3, 0.4) is 0 Å². The third kappa shape index (κ3) is 4.25. The molecule has 0 saturated carbocycles. The molecule has 5 heterocycles. The Hall–Kier alpha value is -4.44. The van der Waals surface area contributed by atoms with Crippen molar-refractivity contribution in [3.63, 3.8) is 0 Å². The number of aromatic nitrogens is 7. The van der Waals surface area contributed by atoms with Crippen LogP contribution in [0, 0.1) is 5.82 Å². The van der Waals surface area contributed by atoms with Gasteiger partial charge < -0.3 is 10.0 Å². The van der Waals surface area contributed by atoms with E-state index in [9.17, 15) is 9.50 Å². The molecule has 10 heteroatoms. The molecule has 1 aliphatic rings. The zero-order valence-corrected chi connectivity index (χ0v) is 20.5. The molecule has 1 unspecified atom stereocenters. The van der Waals surface area contributed by atoms with Crippen LogP contribution in [-0.2, 0) is 12.6 Å². The van der Waals surface area contributed by atoms with Gasteiger partial charge in [-0.3, -0.25) is 4.68 Å². The van der Waals surface area contributed by atoms with Gasteiger partial charge in [-0.05, 0) is 42.7 Å². The first-order chi connectivity index (χ1) is 17.9. The largest absolute Gasteiger partial charge is 0.381 e. The summed E-state index contributed by atoms with van der Waals surface area (Å²) in [5, 5.41) is 19.7. The Bertz CT molecular complexity index is 1600. The molecule has 186 valence electrons. The Balaban J connectivity index is 1.21. The highest BCUT2D eigenvalue weighted by atomic mass is 19.1. The first-order valence-corrected chi connectivity index (χ1v) is 12.0. The van der Waals surface area contributed by atoms with Crippen molar-refractivity contribution in [3.8, 4) is 11.1 Å². The summed E-state index contributed by atoms with van der Waals surface area (Å²) < 4.78 is 16.9. The summed E-state index contributed by atoms with van der Waals surface area (Å²) in [6, 6.07) is 7.88. The summed E-state index contributed by atoms with van der Waals surface area (Å²) in [4.78, 5) is 15.8. The van der Waals surface area contributed by atoms with Gasteiger partial charge in [0.1, 0.15) is 23.3 Å². The van der Waals surface area contributed by atoms with Gasteiger partial charge in [-0.25, -0.2) is 23.9 Å². The SMILES string of the molecule is Cn1cc(-c2cc3c(N4CC=C(c5ncc(C(C)(O)c6ccc(F)cc6)cn5)CC4)ncnn3c2)cn1. The van der Waals surface area contributed by atoms with Gasteiger partial charge in [0.2, 0.25) is 0 Å². The Labute approximate surface area is 212 Å². The molecular weight excluding hydrogens is 471 g/mol. The van der Waals surface area contributed by atoms with Gasteiger partial charge in [0.05, 0.1) is 6.20 Å². The Kier molecular flexibility index (Phi) is 5.53. The number of aliphatic hydroxyl groups is 1. The first kappa shape index (κ1) is 23.0. The van der Waals surface area contributed by atoms with Crippen molar-refractivity contribution in [2.75, 3.05) is 18.0 Å². The van der Waals surface area contributed by atoms with Crippen LogP contribution in [0.15, 0.2) is 73.7 Å². The fourth-order valence-corrected chi connectivity index (χ4v) is 4.64. The number of hydrogen-bond acceptors (Lipinski definition) is 7. The zero-order valence-electron chi connectivity index (χ0n) is 20.5. The van der Waals surface area contributed by atoms with Crippen LogP contribution in [0.25, 0.3) is 22.2 Å². The van der Waals surface area contributed by atoms with Gasteiger partial charge in [0, 0.05) is 61.6 Å². The molecular formula is C27H25FN8O. The minimum absolute atomic E-state index is 0.349. The molecule has 0 spiro atoms. The molecule has 37 heavy (non-hydrogen) atoms. The summed E-state index contributed by atoms with van der Waals surface area (Å²) >= 11 is 0. The second-order valence-electron chi connectivity index (χ2n) is 9.34. The van der Waals surface area contributed by atoms with Crippen LogP contribution in [0.5, 0.6) is 0 Å². The molecule has 0 saturated heterocycles. The number of hydrogen-bond donors (Lipinski definition) is 1. The highest BCUT2D eigenvalue weighted by Crippen LogP contribution is 2.31. The monoisotopic (exact) mass is 496 g/mol. The number of aryl methyl sites for hydroxylation is 1. The lowest BCUT2D eigenvalue weighted by molar-refractivity contribution is 0.101. The van der Waals surface area contributed by atoms with E-state index in [4.69, 9.17) is 0 Å². The number of benzene rings is 1. The summed E-state index contributed by atoms with van der Waals surface area (Å²) in [6.45, 7) is 3.07. The minimum Gasteiger partial charge on any atom is -0.381 e. The van der Waals surface area contributed by atoms with E-state index in [-0.39, 0.29) is 5.82 Å². The fraction of sp³-hybridized carbons (Fsp3) is 0.222. The van der Waals surface area contributed by atoms with Crippen LogP contribution in [-0.4, -0.2) is 52.5 Å². The predicted octanol–water partition coefficient (Wildman–Crippen LogP) is 3.61. The molecule has 0 radical (unpaired) electrons. The van der Waals surface area contributed by atoms with Crippen LogP contribution >= 0.6 is 0 Å². The molecule has 0 aliphatic carbocycles. The van der Waals surface area contributed by atoms with Gasteiger partial charge >= 0.3 is 0 Å². The average molecular weight is 497 g/mol. The molecule has 9 nitrogen and oxygen atoms in total. The lowest BCUT2D eigenvalue weighted by atomic mass is 9.90. The van der Waals surface area contributed by atoms with Gasteiger partial charge in [0.15, 0.2) is 11.6 Å². The van der Waals surface area contributed by atoms with Crippen molar-refractivity contribution in [1.82, 2.24) is 34.3 Å². The highest BCUT2D eigenvalue weighted by molar-refractivity contribution is 5.78. The van der Waals surface area contributed by atoms with E-state index in [0.717, 1.165) is 41.0 Å². The van der Waals surface area contributed by atoms with Crippen LogP contribution in [0.1, 0.15) is 30.3 Å². The minimum atomic E-state index is -1.33. The molecule has 4 aromatic heterocycles. The van der Waals surface area contributed by atoms with Gasteiger partial charge in [-0.2, -0.15) is 10.2 Å². The number of nitrogens with zero attached hydrogens (tertiary/aromatic N) is 8. The van der Waals surface area contributed by atoms with Crippen LogP contribution in [0.2, 0.25) is 0 Å². The topological polar surface area (TPSA) is 97.3 Å². The van der Waals surface area contributed by atoms with E-state index < -0.39 is 5.60 Å².